The number of carbonyl (C=O) groups excluding carboxylic acids is 3. The third kappa shape index (κ3) is 4.29. The molecule has 1 saturated heterocycles. The lowest BCUT2D eigenvalue weighted by atomic mass is 9.89. The summed E-state index contributed by atoms with van der Waals surface area (Å²) in [5.74, 6) is -1.21. The molecule has 1 atom stereocenters. The van der Waals surface area contributed by atoms with Gasteiger partial charge in [0, 0.05) is 21.3 Å². The van der Waals surface area contributed by atoms with E-state index < -0.39 is 22.6 Å². The molecule has 0 bridgehead atoms. The highest BCUT2D eigenvalue weighted by Gasteiger charge is 2.53. The van der Waals surface area contributed by atoms with Crippen LogP contribution in [0.25, 0.3) is 0 Å². The summed E-state index contributed by atoms with van der Waals surface area (Å²) >= 11 is 2.15. The lowest BCUT2D eigenvalue weighted by Gasteiger charge is -2.23. The van der Waals surface area contributed by atoms with Crippen LogP contribution < -0.4 is 16.0 Å². The molecule has 2 aromatic rings. The Labute approximate surface area is 188 Å². The van der Waals surface area contributed by atoms with E-state index in [4.69, 9.17) is 5.73 Å². The Kier molecular flexibility index (Phi) is 6.09. The van der Waals surface area contributed by atoms with Crippen molar-refractivity contribution in [1.82, 2.24) is 4.98 Å². The first-order chi connectivity index (χ1) is 14.0. The third-order valence-electron chi connectivity index (χ3n) is 4.80. The average Bonchev–Trinajstić information content (AvgIpc) is 2.94. The van der Waals surface area contributed by atoms with Gasteiger partial charge in [0.2, 0.25) is 5.78 Å². The molecule has 0 radical (unpaired) electrons. The van der Waals surface area contributed by atoms with Crippen LogP contribution in [-0.4, -0.2) is 34.5 Å². The highest BCUT2D eigenvalue weighted by molar-refractivity contribution is 14.1. The van der Waals surface area contributed by atoms with E-state index in [2.05, 4.69) is 32.9 Å². The molecule has 2 heterocycles. The largest absolute Gasteiger partial charge is 0.335 e. The summed E-state index contributed by atoms with van der Waals surface area (Å²) in [4.78, 5) is 44.7. The lowest BCUT2D eigenvalue weighted by molar-refractivity contribution is -0.129. The molecule has 1 amide bonds. The van der Waals surface area contributed by atoms with Crippen LogP contribution in [0, 0.1) is 8.99 Å². The second-order valence-electron chi connectivity index (χ2n) is 8.15. The maximum absolute atomic E-state index is 13.3. The van der Waals surface area contributed by atoms with E-state index in [0.717, 1.165) is 3.57 Å². The number of aromatic nitrogens is 1. The van der Waals surface area contributed by atoms with Crippen molar-refractivity contribution in [2.24, 2.45) is 11.1 Å². The highest BCUT2D eigenvalue weighted by Crippen LogP contribution is 2.35. The molecule has 1 aliphatic rings. The number of benzene rings is 1. The van der Waals surface area contributed by atoms with Crippen molar-refractivity contribution in [2.75, 3.05) is 16.8 Å². The van der Waals surface area contributed by atoms with Crippen LogP contribution in [0.5, 0.6) is 0 Å². The number of rotatable bonds is 4. The number of Topliss-reactive ketones (excluding diaryl/α,β-unsaturated/α-hetero) is 1. The maximum atomic E-state index is 13.3. The van der Waals surface area contributed by atoms with Crippen LogP contribution in [0.1, 0.15) is 20.8 Å². The van der Waals surface area contributed by atoms with Crippen LogP contribution in [0.2, 0.25) is 0 Å². The van der Waals surface area contributed by atoms with Gasteiger partial charge in [-0.2, -0.15) is 0 Å². The molecule has 0 saturated carbocycles. The predicted octanol–water partition coefficient (Wildman–Crippen LogP) is 2.91. The second kappa shape index (κ2) is 8.27. The molecule has 3 N–H and O–H groups in total. The van der Waals surface area contributed by atoms with E-state index in [1.807, 2.05) is 24.3 Å². The van der Waals surface area contributed by atoms with Gasteiger partial charge in [0.05, 0.1) is 17.9 Å². The smallest absolute Gasteiger partial charge is 0.255 e. The molecular formula is C22H23IN4O3. The fraction of sp³-hybridized carbons (Fsp3) is 0.273. The van der Waals surface area contributed by atoms with Gasteiger partial charge in [0.25, 0.3) is 5.91 Å². The zero-order chi connectivity index (χ0) is 22.1. The Morgan fingerprint density at radius 1 is 1.20 bits per heavy atom. The Hall–Kier alpha value is -2.59. The number of halogens is 1. The number of hydrogen-bond acceptors (Lipinski definition) is 6. The monoisotopic (exact) mass is 518 g/mol. The van der Waals surface area contributed by atoms with Crippen LogP contribution in [0.3, 0.4) is 0 Å². The topological polar surface area (TPSA) is 105 Å². The van der Waals surface area contributed by atoms with Crippen molar-refractivity contribution in [3.8, 4) is 0 Å². The normalized spacial score (nSPS) is 20.5. The molecule has 1 aromatic carbocycles. The van der Waals surface area contributed by atoms with E-state index >= 15 is 0 Å². The molecule has 8 heteroatoms. The van der Waals surface area contributed by atoms with Gasteiger partial charge in [0.15, 0.2) is 11.3 Å². The summed E-state index contributed by atoms with van der Waals surface area (Å²) < 4.78 is 0.867. The fourth-order valence-electron chi connectivity index (χ4n) is 2.97. The molecule has 30 heavy (non-hydrogen) atoms. The van der Waals surface area contributed by atoms with E-state index in [-0.39, 0.29) is 18.0 Å². The standard InChI is InChI=1S/C22H23IN4O3/c1-21(2,3)17(28)12-16-19(29)22(24,20(30)26-18-10-6-7-11-25-18)13-27(16)15-9-5-4-8-14(15)23/h4-12H,13,24H2,1-3H3,(H,25,26,30). The Balaban J connectivity index is 2.04. The summed E-state index contributed by atoms with van der Waals surface area (Å²) in [5.41, 5.74) is 4.63. The zero-order valence-corrected chi connectivity index (χ0v) is 19.1. The number of amides is 1. The Morgan fingerprint density at radius 3 is 2.47 bits per heavy atom. The summed E-state index contributed by atoms with van der Waals surface area (Å²) in [6, 6.07) is 12.5. The van der Waals surface area contributed by atoms with Crippen LogP contribution in [0.15, 0.2) is 60.4 Å². The number of para-hydroxylation sites is 1. The Bertz CT molecular complexity index is 1030. The average molecular weight is 518 g/mol. The number of ketones is 2. The van der Waals surface area contributed by atoms with Gasteiger partial charge >= 0.3 is 0 Å². The van der Waals surface area contributed by atoms with Crippen LogP contribution >= 0.6 is 22.6 Å². The van der Waals surface area contributed by atoms with Gasteiger partial charge in [-0.25, -0.2) is 4.98 Å². The minimum atomic E-state index is -1.86. The number of nitrogens with one attached hydrogen (secondary N) is 1. The SMILES string of the molecule is CC(C)(C)C(=O)C=C1C(=O)C(N)(C(=O)Nc2ccccn2)CN1c1ccccc1I. The fourth-order valence-corrected chi connectivity index (χ4v) is 3.65. The van der Waals surface area contributed by atoms with E-state index in [1.54, 1.807) is 43.9 Å². The number of allylic oxidation sites excluding steroid dienone is 1. The van der Waals surface area contributed by atoms with Crippen molar-refractivity contribution >= 4 is 51.6 Å². The van der Waals surface area contributed by atoms with E-state index in [1.165, 1.54) is 12.3 Å². The van der Waals surface area contributed by atoms with Crippen molar-refractivity contribution in [1.29, 1.82) is 0 Å². The first kappa shape index (κ1) is 22.1. The van der Waals surface area contributed by atoms with Crippen molar-refractivity contribution in [3.63, 3.8) is 0 Å². The minimum absolute atomic E-state index is 0.0895. The highest BCUT2D eigenvalue weighted by atomic mass is 127. The first-order valence-electron chi connectivity index (χ1n) is 9.38. The molecule has 1 aromatic heterocycles. The number of nitrogens with two attached hydrogens (primary N) is 1. The molecule has 3 rings (SSSR count). The molecule has 7 nitrogen and oxygen atoms in total. The Morgan fingerprint density at radius 2 is 1.87 bits per heavy atom. The van der Waals surface area contributed by atoms with Gasteiger partial charge < -0.3 is 16.0 Å². The molecular weight excluding hydrogens is 495 g/mol. The summed E-state index contributed by atoms with van der Waals surface area (Å²) in [5, 5.41) is 2.61. The zero-order valence-electron chi connectivity index (χ0n) is 17.0. The minimum Gasteiger partial charge on any atom is -0.335 e. The number of hydrogen-bond donors (Lipinski definition) is 2. The van der Waals surface area contributed by atoms with Gasteiger partial charge in [-0.15, -0.1) is 0 Å². The predicted molar refractivity (Wildman–Crippen MR) is 124 cm³/mol. The van der Waals surface area contributed by atoms with Gasteiger partial charge in [-0.05, 0) is 46.9 Å². The first-order valence-corrected chi connectivity index (χ1v) is 10.5. The van der Waals surface area contributed by atoms with Crippen molar-refractivity contribution < 1.29 is 14.4 Å². The molecule has 1 fully saturated rings. The van der Waals surface area contributed by atoms with E-state index in [9.17, 15) is 14.4 Å². The summed E-state index contributed by atoms with van der Waals surface area (Å²) in [7, 11) is 0. The van der Waals surface area contributed by atoms with Gasteiger partial charge in [-0.1, -0.05) is 39.0 Å². The van der Waals surface area contributed by atoms with Crippen molar-refractivity contribution in [2.45, 2.75) is 26.3 Å². The summed E-state index contributed by atoms with van der Waals surface area (Å²) in [6.45, 7) is 5.22. The molecule has 1 unspecified atom stereocenters. The number of pyridine rings is 1. The molecule has 1 aliphatic heterocycles. The number of anilines is 2. The van der Waals surface area contributed by atoms with Crippen molar-refractivity contribution in [3.05, 3.63) is 64.0 Å². The second-order valence-corrected chi connectivity index (χ2v) is 9.31. The summed E-state index contributed by atoms with van der Waals surface area (Å²) in [6.07, 6.45) is 2.83. The van der Waals surface area contributed by atoms with Crippen LogP contribution in [-0.2, 0) is 14.4 Å². The molecule has 0 aliphatic carbocycles. The van der Waals surface area contributed by atoms with E-state index in [0.29, 0.717) is 11.5 Å². The van der Waals surface area contributed by atoms with Gasteiger partial charge in [0.1, 0.15) is 5.82 Å². The molecule has 156 valence electrons. The lowest BCUT2D eigenvalue weighted by Crippen LogP contribution is -2.58. The maximum Gasteiger partial charge on any atom is 0.255 e. The number of nitrogens with zero attached hydrogens (tertiary/aromatic N) is 2. The van der Waals surface area contributed by atoms with Crippen LogP contribution in [0.4, 0.5) is 11.5 Å². The number of carbonyl (C=O) groups is 3. The quantitative estimate of drug-likeness (QED) is 0.367. The molecule has 0 spiro atoms. The third-order valence-corrected chi connectivity index (χ3v) is 5.71. The van der Waals surface area contributed by atoms with Gasteiger partial charge in [-0.3, -0.25) is 14.4 Å².